The van der Waals surface area contributed by atoms with E-state index >= 15 is 0 Å². The topological polar surface area (TPSA) is 64.6 Å². The number of hydrogen-bond acceptors (Lipinski definition) is 4. The summed E-state index contributed by atoms with van der Waals surface area (Å²) in [5.74, 6) is 0. The molecule has 1 fully saturated rings. The van der Waals surface area contributed by atoms with E-state index in [4.69, 9.17) is 0 Å². The molecule has 1 aromatic rings. The van der Waals surface area contributed by atoms with Crippen LogP contribution in [0.2, 0.25) is 0 Å². The molecule has 1 radical (unpaired) electrons. The fourth-order valence-electron chi connectivity index (χ4n) is 3.54. The molecule has 22 heavy (non-hydrogen) atoms. The summed E-state index contributed by atoms with van der Waals surface area (Å²) in [5, 5.41) is 17.1. The van der Waals surface area contributed by atoms with Gasteiger partial charge in [-0.15, -0.1) is 10.3 Å². The van der Waals surface area contributed by atoms with Crippen molar-refractivity contribution in [1.29, 1.82) is 0 Å². The van der Waals surface area contributed by atoms with Gasteiger partial charge in [0, 0.05) is 22.8 Å². The maximum absolute atomic E-state index is 12.4. The Morgan fingerprint density at radius 3 is 2.36 bits per heavy atom. The second-order valence-electron chi connectivity index (χ2n) is 7.32. The Morgan fingerprint density at radius 2 is 1.82 bits per heavy atom. The zero-order chi connectivity index (χ0) is 16.5. The molecule has 1 heterocycles. The van der Waals surface area contributed by atoms with Crippen LogP contribution in [0.5, 0.6) is 0 Å². The molecule has 0 unspecified atom stereocenters. The lowest BCUT2D eigenvalue weighted by molar-refractivity contribution is -0.288. The quantitative estimate of drug-likeness (QED) is 0.683. The average Bonchev–Trinajstić information content (AvgIpc) is 2.40. The van der Waals surface area contributed by atoms with E-state index in [0.717, 1.165) is 24.1 Å². The summed E-state index contributed by atoms with van der Waals surface area (Å²) in [6.07, 6.45) is 3.12. The predicted molar refractivity (Wildman–Crippen MR) is 86.3 cm³/mol. The molecule has 1 N–H and O–H groups in total. The largest absolute Gasteiger partial charge is 0.382 e. The Hall–Kier alpha value is -1.68. The van der Waals surface area contributed by atoms with Crippen LogP contribution in [-0.2, 0) is 10.0 Å². The van der Waals surface area contributed by atoms with Crippen LogP contribution in [0.4, 0.5) is 11.4 Å². The van der Waals surface area contributed by atoms with Gasteiger partial charge in [-0.25, -0.2) is 4.79 Å². The Labute approximate surface area is 132 Å². The van der Waals surface area contributed by atoms with Crippen LogP contribution in [0, 0.1) is 6.92 Å². The van der Waals surface area contributed by atoms with E-state index in [-0.39, 0.29) is 6.04 Å². The standard InChI is InChI=1S/C17H24N3O2/c1-12-14(18-11-21)7-6-8-15(12)19-13-9-16(2,3)20(22)17(4,5)10-13/h6-8,13,19H,9-10H2,1-5H3. The first kappa shape index (κ1) is 16.7. The Bertz CT molecular complexity index is 586. The van der Waals surface area contributed by atoms with E-state index in [9.17, 15) is 10.0 Å². The van der Waals surface area contributed by atoms with Crippen LogP contribution in [0.25, 0.3) is 0 Å². The summed E-state index contributed by atoms with van der Waals surface area (Å²) >= 11 is 0. The lowest BCUT2D eigenvalue weighted by Crippen LogP contribution is -2.60. The normalized spacial score (nSPS) is 21.2. The molecule has 0 spiro atoms. The van der Waals surface area contributed by atoms with Crippen LogP contribution < -0.4 is 5.32 Å². The molecule has 0 atom stereocenters. The summed E-state index contributed by atoms with van der Waals surface area (Å²) in [6, 6.07) is 5.83. The van der Waals surface area contributed by atoms with E-state index in [0.29, 0.717) is 5.69 Å². The molecule has 5 heteroatoms. The molecule has 1 aromatic carbocycles. The number of hydrogen-bond donors (Lipinski definition) is 1. The van der Waals surface area contributed by atoms with Gasteiger partial charge in [-0.1, -0.05) is 6.07 Å². The van der Waals surface area contributed by atoms with Crippen molar-refractivity contribution in [1.82, 2.24) is 5.06 Å². The van der Waals surface area contributed by atoms with Crippen molar-refractivity contribution in [2.24, 2.45) is 4.99 Å². The Kier molecular flexibility index (Phi) is 4.43. The number of carbonyl (C=O) groups excluding carboxylic acids is 1. The van der Waals surface area contributed by atoms with Gasteiger partial charge in [0.25, 0.3) is 0 Å². The summed E-state index contributed by atoms with van der Waals surface area (Å²) in [4.78, 5) is 14.2. The highest BCUT2D eigenvalue weighted by atomic mass is 16.5. The second-order valence-corrected chi connectivity index (χ2v) is 7.32. The van der Waals surface area contributed by atoms with Gasteiger partial charge >= 0.3 is 0 Å². The van der Waals surface area contributed by atoms with E-state index in [1.807, 2.05) is 46.8 Å². The van der Waals surface area contributed by atoms with Gasteiger partial charge in [0.15, 0.2) is 0 Å². The van der Waals surface area contributed by atoms with Crippen molar-refractivity contribution in [2.45, 2.75) is 64.6 Å². The lowest BCUT2D eigenvalue weighted by Gasteiger charge is -2.50. The summed E-state index contributed by atoms with van der Waals surface area (Å²) in [7, 11) is 0. The molecule has 0 aliphatic carbocycles. The van der Waals surface area contributed by atoms with Crippen LogP contribution in [0.3, 0.4) is 0 Å². The smallest absolute Gasteiger partial charge is 0.240 e. The molecule has 0 aromatic heterocycles. The number of nitrogens with one attached hydrogen (secondary N) is 1. The number of anilines is 1. The van der Waals surface area contributed by atoms with Crippen molar-refractivity contribution in [3.63, 3.8) is 0 Å². The first-order valence-electron chi connectivity index (χ1n) is 7.59. The number of aliphatic imine (C=N–C) groups is 1. The first-order valence-corrected chi connectivity index (χ1v) is 7.59. The van der Waals surface area contributed by atoms with Crippen molar-refractivity contribution in [3.05, 3.63) is 23.8 Å². The van der Waals surface area contributed by atoms with Gasteiger partial charge in [-0.05, 0) is 65.2 Å². The molecule has 0 saturated carbocycles. The van der Waals surface area contributed by atoms with Crippen LogP contribution in [0.1, 0.15) is 46.1 Å². The molecular formula is C17H24N3O2. The molecule has 1 aliphatic rings. The summed E-state index contributed by atoms with van der Waals surface area (Å²) < 4.78 is 0. The molecule has 0 amide bonds. The fourth-order valence-corrected chi connectivity index (χ4v) is 3.54. The molecule has 119 valence electrons. The van der Waals surface area contributed by atoms with Gasteiger partial charge < -0.3 is 5.32 Å². The number of hydroxylamine groups is 2. The highest BCUT2D eigenvalue weighted by molar-refractivity contribution is 5.65. The number of rotatable bonds is 3. The highest BCUT2D eigenvalue weighted by Crippen LogP contribution is 2.38. The first-order chi connectivity index (χ1) is 10.2. The van der Waals surface area contributed by atoms with Gasteiger partial charge in [-0.2, -0.15) is 4.99 Å². The number of nitrogens with zero attached hydrogens (tertiary/aromatic N) is 2. The number of piperidine rings is 1. The minimum atomic E-state index is -0.411. The molecule has 5 nitrogen and oxygen atoms in total. The van der Waals surface area contributed by atoms with Gasteiger partial charge in [-0.3, -0.25) is 0 Å². The van der Waals surface area contributed by atoms with Gasteiger partial charge in [0.05, 0.1) is 5.69 Å². The highest BCUT2D eigenvalue weighted by Gasteiger charge is 2.46. The Morgan fingerprint density at radius 1 is 1.23 bits per heavy atom. The molecule has 2 rings (SSSR count). The van der Waals surface area contributed by atoms with E-state index < -0.39 is 11.1 Å². The number of benzene rings is 1. The van der Waals surface area contributed by atoms with Crippen molar-refractivity contribution < 1.29 is 10.0 Å². The van der Waals surface area contributed by atoms with E-state index in [1.54, 1.807) is 12.1 Å². The third-order valence-electron chi connectivity index (χ3n) is 4.42. The van der Waals surface area contributed by atoms with Crippen molar-refractivity contribution >= 4 is 17.5 Å². The van der Waals surface area contributed by atoms with Crippen LogP contribution >= 0.6 is 0 Å². The molecule has 1 saturated heterocycles. The third-order valence-corrected chi connectivity index (χ3v) is 4.42. The molecule has 1 aliphatic heterocycles. The lowest BCUT2D eigenvalue weighted by atomic mass is 9.79. The van der Waals surface area contributed by atoms with Crippen LogP contribution in [-0.4, -0.2) is 28.3 Å². The minimum Gasteiger partial charge on any atom is -0.382 e. The third kappa shape index (κ3) is 3.22. The maximum Gasteiger partial charge on any atom is 0.240 e. The summed E-state index contributed by atoms with van der Waals surface area (Å²) in [5.41, 5.74) is 1.68. The SMILES string of the molecule is Cc1c(N=C=O)cccc1NC1CC(C)(C)N([O])C(C)(C)C1. The minimum absolute atomic E-state index is 0.198. The van der Waals surface area contributed by atoms with Crippen molar-refractivity contribution in [3.8, 4) is 0 Å². The maximum atomic E-state index is 12.4. The fraction of sp³-hybridized carbons (Fsp3) is 0.588. The van der Waals surface area contributed by atoms with Crippen LogP contribution in [0.15, 0.2) is 23.2 Å². The Balaban J connectivity index is 2.25. The summed E-state index contributed by atoms with van der Waals surface area (Å²) in [6.45, 7) is 9.85. The monoisotopic (exact) mass is 302 g/mol. The molecular weight excluding hydrogens is 278 g/mol. The van der Waals surface area contributed by atoms with E-state index in [2.05, 4.69) is 10.3 Å². The molecule has 0 bridgehead atoms. The predicted octanol–water partition coefficient (Wildman–Crippen LogP) is 3.74. The zero-order valence-corrected chi connectivity index (χ0v) is 13.9. The second kappa shape index (κ2) is 5.84. The number of isocyanates is 1. The van der Waals surface area contributed by atoms with Gasteiger partial charge in [0.1, 0.15) is 0 Å². The van der Waals surface area contributed by atoms with Crippen molar-refractivity contribution in [2.75, 3.05) is 5.32 Å². The zero-order valence-electron chi connectivity index (χ0n) is 13.9. The average molecular weight is 302 g/mol. The van der Waals surface area contributed by atoms with E-state index in [1.165, 1.54) is 5.06 Å². The van der Waals surface area contributed by atoms with Gasteiger partial charge in [0.2, 0.25) is 6.08 Å².